The summed E-state index contributed by atoms with van der Waals surface area (Å²) >= 11 is 0. The monoisotopic (exact) mass is 283 g/mol. The van der Waals surface area contributed by atoms with Gasteiger partial charge in [0.1, 0.15) is 5.54 Å². The second kappa shape index (κ2) is 6.41. The summed E-state index contributed by atoms with van der Waals surface area (Å²) in [6.07, 6.45) is 4.88. The van der Waals surface area contributed by atoms with Crippen LogP contribution >= 0.6 is 0 Å². The van der Waals surface area contributed by atoms with Gasteiger partial charge in [-0.15, -0.1) is 0 Å². The van der Waals surface area contributed by atoms with Crippen LogP contribution in [0.5, 0.6) is 0 Å². The summed E-state index contributed by atoms with van der Waals surface area (Å²) in [7, 11) is 5.79. The molecule has 1 aliphatic carbocycles. The molecule has 3 unspecified atom stereocenters. The lowest BCUT2D eigenvalue weighted by Gasteiger charge is -2.40. The summed E-state index contributed by atoms with van der Waals surface area (Å²) in [6.45, 7) is 3.49. The van der Waals surface area contributed by atoms with Crippen LogP contribution in [0.3, 0.4) is 0 Å². The molecular weight excluding hydrogens is 254 g/mol. The molecule has 20 heavy (non-hydrogen) atoms. The summed E-state index contributed by atoms with van der Waals surface area (Å²) in [6, 6.07) is 0.402. The standard InChI is InChI=1S/C15H29N3O2/c1-17-8-6-12(10-17)11-18(2)13-5-4-7-15(16,9-13)14(19)20-3/h12-13H,4-11,16H2,1-3H3. The molecule has 2 rings (SSSR count). The van der Waals surface area contributed by atoms with Gasteiger partial charge < -0.3 is 20.3 Å². The van der Waals surface area contributed by atoms with E-state index in [-0.39, 0.29) is 5.97 Å². The van der Waals surface area contributed by atoms with Crippen molar-refractivity contribution in [3.05, 3.63) is 0 Å². The van der Waals surface area contributed by atoms with E-state index in [2.05, 4.69) is 23.9 Å². The van der Waals surface area contributed by atoms with Crippen molar-refractivity contribution in [2.75, 3.05) is 40.8 Å². The zero-order chi connectivity index (χ0) is 14.8. The van der Waals surface area contributed by atoms with Gasteiger partial charge in [-0.3, -0.25) is 4.79 Å². The zero-order valence-corrected chi connectivity index (χ0v) is 13.1. The summed E-state index contributed by atoms with van der Waals surface area (Å²) in [5.41, 5.74) is 5.48. The van der Waals surface area contributed by atoms with E-state index in [1.807, 2.05) is 0 Å². The van der Waals surface area contributed by atoms with E-state index in [0.717, 1.165) is 38.1 Å². The highest BCUT2D eigenvalue weighted by molar-refractivity contribution is 5.80. The molecule has 2 fully saturated rings. The first-order valence-corrected chi connectivity index (χ1v) is 7.70. The number of likely N-dealkylation sites (tertiary alicyclic amines) is 1. The summed E-state index contributed by atoms with van der Waals surface area (Å²) in [5.74, 6) is 0.494. The van der Waals surface area contributed by atoms with Crippen LogP contribution in [-0.4, -0.2) is 68.2 Å². The SMILES string of the molecule is COC(=O)C1(N)CCCC(N(C)CC2CCN(C)C2)C1. The number of methoxy groups -OCH3 is 1. The third-order valence-corrected chi connectivity index (χ3v) is 5.01. The molecule has 1 saturated heterocycles. The maximum Gasteiger partial charge on any atom is 0.325 e. The van der Waals surface area contributed by atoms with Crippen LogP contribution in [0.25, 0.3) is 0 Å². The van der Waals surface area contributed by atoms with Crippen molar-refractivity contribution in [3.8, 4) is 0 Å². The molecule has 0 radical (unpaired) electrons. The Morgan fingerprint density at radius 3 is 2.85 bits per heavy atom. The number of carbonyl (C=O) groups excluding carboxylic acids is 1. The molecule has 0 spiro atoms. The topological polar surface area (TPSA) is 58.8 Å². The van der Waals surface area contributed by atoms with Gasteiger partial charge in [0.05, 0.1) is 7.11 Å². The van der Waals surface area contributed by atoms with Crippen molar-refractivity contribution >= 4 is 5.97 Å². The highest BCUT2D eigenvalue weighted by atomic mass is 16.5. The third-order valence-electron chi connectivity index (χ3n) is 5.01. The molecule has 0 aromatic carbocycles. The lowest BCUT2D eigenvalue weighted by Crippen LogP contribution is -2.56. The van der Waals surface area contributed by atoms with Crippen LogP contribution in [0.4, 0.5) is 0 Å². The van der Waals surface area contributed by atoms with Crippen LogP contribution < -0.4 is 5.73 Å². The molecule has 0 amide bonds. The van der Waals surface area contributed by atoms with E-state index in [0.29, 0.717) is 6.04 Å². The molecule has 2 N–H and O–H groups in total. The van der Waals surface area contributed by atoms with Crippen LogP contribution in [0.15, 0.2) is 0 Å². The maximum absolute atomic E-state index is 11.9. The fourth-order valence-corrected chi connectivity index (χ4v) is 3.77. The maximum atomic E-state index is 11.9. The largest absolute Gasteiger partial charge is 0.468 e. The van der Waals surface area contributed by atoms with Gasteiger partial charge in [-0.25, -0.2) is 0 Å². The molecule has 1 saturated carbocycles. The number of rotatable bonds is 4. The minimum Gasteiger partial charge on any atom is -0.468 e. The molecule has 5 nitrogen and oxygen atoms in total. The Labute approximate surface area is 122 Å². The third kappa shape index (κ3) is 3.51. The Kier molecular flexibility index (Phi) is 5.04. The zero-order valence-electron chi connectivity index (χ0n) is 13.1. The molecule has 2 aliphatic rings. The van der Waals surface area contributed by atoms with Crippen molar-refractivity contribution in [2.45, 2.75) is 43.7 Å². The smallest absolute Gasteiger partial charge is 0.325 e. The van der Waals surface area contributed by atoms with Crippen LogP contribution in [-0.2, 0) is 9.53 Å². The lowest BCUT2D eigenvalue weighted by molar-refractivity contribution is -0.149. The Morgan fingerprint density at radius 2 is 2.25 bits per heavy atom. The van der Waals surface area contributed by atoms with Gasteiger partial charge in [-0.05, 0) is 58.7 Å². The van der Waals surface area contributed by atoms with Crippen LogP contribution in [0, 0.1) is 5.92 Å². The molecule has 1 heterocycles. The first-order valence-electron chi connectivity index (χ1n) is 7.70. The summed E-state index contributed by atoms with van der Waals surface area (Å²) in [4.78, 5) is 16.7. The minimum absolute atomic E-state index is 0.254. The fraction of sp³-hybridized carbons (Fsp3) is 0.933. The van der Waals surface area contributed by atoms with Gasteiger partial charge in [-0.2, -0.15) is 0 Å². The predicted molar refractivity (Wildman–Crippen MR) is 79.4 cm³/mol. The number of esters is 1. The molecule has 116 valence electrons. The van der Waals surface area contributed by atoms with Crippen molar-refractivity contribution in [1.82, 2.24) is 9.80 Å². The highest BCUT2D eigenvalue weighted by Crippen LogP contribution is 2.30. The van der Waals surface area contributed by atoms with Gasteiger partial charge in [0.2, 0.25) is 0 Å². The molecule has 0 aromatic heterocycles. The number of hydrogen-bond donors (Lipinski definition) is 1. The Morgan fingerprint density at radius 1 is 1.50 bits per heavy atom. The second-order valence-corrected chi connectivity index (χ2v) is 6.75. The van der Waals surface area contributed by atoms with Gasteiger partial charge in [0, 0.05) is 19.1 Å². The highest BCUT2D eigenvalue weighted by Gasteiger charge is 2.41. The first kappa shape index (κ1) is 15.7. The predicted octanol–water partition coefficient (Wildman–Crippen LogP) is 0.683. The fourth-order valence-electron chi connectivity index (χ4n) is 3.77. The van der Waals surface area contributed by atoms with E-state index in [1.54, 1.807) is 0 Å². The second-order valence-electron chi connectivity index (χ2n) is 6.75. The number of nitrogens with zero attached hydrogens (tertiary/aromatic N) is 2. The van der Waals surface area contributed by atoms with Crippen molar-refractivity contribution < 1.29 is 9.53 Å². The molecule has 0 bridgehead atoms. The summed E-state index contributed by atoms with van der Waals surface area (Å²) < 4.78 is 4.88. The van der Waals surface area contributed by atoms with E-state index in [1.165, 1.54) is 26.6 Å². The van der Waals surface area contributed by atoms with Crippen molar-refractivity contribution in [1.29, 1.82) is 0 Å². The average Bonchev–Trinajstić information content (AvgIpc) is 2.83. The van der Waals surface area contributed by atoms with Crippen LogP contribution in [0.2, 0.25) is 0 Å². The number of carbonyl (C=O) groups is 1. The van der Waals surface area contributed by atoms with E-state index >= 15 is 0 Å². The number of nitrogens with two attached hydrogens (primary N) is 1. The van der Waals surface area contributed by atoms with E-state index < -0.39 is 5.54 Å². The average molecular weight is 283 g/mol. The number of ether oxygens (including phenoxy) is 1. The van der Waals surface area contributed by atoms with Crippen molar-refractivity contribution in [2.24, 2.45) is 11.7 Å². The lowest BCUT2D eigenvalue weighted by atomic mass is 9.79. The van der Waals surface area contributed by atoms with Gasteiger partial charge >= 0.3 is 5.97 Å². The number of hydrogen-bond acceptors (Lipinski definition) is 5. The first-order chi connectivity index (χ1) is 9.44. The quantitative estimate of drug-likeness (QED) is 0.769. The molecule has 0 aromatic rings. The molecule has 1 aliphatic heterocycles. The summed E-state index contributed by atoms with van der Waals surface area (Å²) in [5, 5.41) is 0. The van der Waals surface area contributed by atoms with E-state index in [9.17, 15) is 4.79 Å². The van der Waals surface area contributed by atoms with Crippen molar-refractivity contribution in [3.63, 3.8) is 0 Å². The van der Waals surface area contributed by atoms with Crippen LogP contribution in [0.1, 0.15) is 32.1 Å². The minimum atomic E-state index is -0.779. The molecular formula is C15H29N3O2. The van der Waals surface area contributed by atoms with Gasteiger partial charge in [0.15, 0.2) is 0 Å². The Hall–Kier alpha value is -0.650. The van der Waals surface area contributed by atoms with E-state index in [4.69, 9.17) is 10.5 Å². The molecule has 5 heteroatoms. The van der Waals surface area contributed by atoms with Gasteiger partial charge in [-0.1, -0.05) is 0 Å². The normalized spacial score (nSPS) is 35.5. The Bertz CT molecular complexity index is 350. The van der Waals surface area contributed by atoms with Gasteiger partial charge in [0.25, 0.3) is 0 Å². The Balaban J connectivity index is 1.89. The molecule has 3 atom stereocenters.